The maximum Gasteiger partial charge on any atom is 0.122 e. The van der Waals surface area contributed by atoms with Crippen LogP contribution in [0.15, 0.2) is 53.0 Å². The molecule has 0 heterocycles. The normalized spacial score (nSPS) is 10.7. The van der Waals surface area contributed by atoms with Crippen LogP contribution in [0, 0.1) is 0 Å². The first kappa shape index (κ1) is 15.9. The first-order chi connectivity index (χ1) is 10.2. The largest absolute Gasteiger partial charge is 0.493 e. The van der Waals surface area contributed by atoms with Gasteiger partial charge in [0, 0.05) is 16.7 Å². The minimum atomic E-state index is 0.458. The van der Waals surface area contributed by atoms with Crippen molar-refractivity contribution in [3.8, 4) is 5.75 Å². The highest BCUT2D eigenvalue weighted by molar-refractivity contribution is 9.10. The standard InChI is InChI=1S/C18H22BrNO/c1-14(2)17-13-15(19)9-10-18(17)21-12-6-11-20-16-7-4-3-5-8-16/h3-5,7-10,13-14,20H,6,11-12H2,1-2H3. The molecule has 2 rings (SSSR count). The second-order valence-electron chi connectivity index (χ2n) is 5.33. The third-order valence-corrected chi connectivity index (χ3v) is 3.77. The zero-order valence-corrected chi connectivity index (χ0v) is 14.2. The molecule has 0 aliphatic heterocycles. The molecule has 0 aliphatic carbocycles. The van der Waals surface area contributed by atoms with E-state index in [4.69, 9.17) is 4.74 Å². The first-order valence-electron chi connectivity index (χ1n) is 7.38. The number of para-hydroxylation sites is 1. The fourth-order valence-corrected chi connectivity index (χ4v) is 2.52. The van der Waals surface area contributed by atoms with Gasteiger partial charge in [-0.3, -0.25) is 0 Å². The molecular formula is C18H22BrNO. The highest BCUT2D eigenvalue weighted by Crippen LogP contribution is 2.29. The first-order valence-corrected chi connectivity index (χ1v) is 8.17. The summed E-state index contributed by atoms with van der Waals surface area (Å²) in [6, 6.07) is 16.5. The number of hydrogen-bond acceptors (Lipinski definition) is 2. The van der Waals surface area contributed by atoms with E-state index in [9.17, 15) is 0 Å². The van der Waals surface area contributed by atoms with Gasteiger partial charge in [0.15, 0.2) is 0 Å². The second kappa shape index (κ2) is 8.08. The number of rotatable bonds is 7. The Bertz CT molecular complexity index is 554. The molecule has 1 N–H and O–H groups in total. The Morgan fingerprint density at radius 1 is 1.10 bits per heavy atom. The summed E-state index contributed by atoms with van der Waals surface area (Å²) in [5.74, 6) is 1.45. The predicted molar refractivity (Wildman–Crippen MR) is 93.3 cm³/mol. The van der Waals surface area contributed by atoms with E-state index >= 15 is 0 Å². The third-order valence-electron chi connectivity index (χ3n) is 3.28. The molecule has 0 aliphatic rings. The van der Waals surface area contributed by atoms with Gasteiger partial charge in [0.05, 0.1) is 6.61 Å². The molecule has 0 saturated carbocycles. The van der Waals surface area contributed by atoms with Gasteiger partial charge in [0.25, 0.3) is 0 Å². The smallest absolute Gasteiger partial charge is 0.122 e. The van der Waals surface area contributed by atoms with Crippen molar-refractivity contribution in [2.45, 2.75) is 26.2 Å². The third kappa shape index (κ3) is 5.09. The average molecular weight is 348 g/mol. The van der Waals surface area contributed by atoms with Gasteiger partial charge in [0.2, 0.25) is 0 Å². The van der Waals surface area contributed by atoms with Crippen molar-refractivity contribution >= 4 is 21.6 Å². The highest BCUT2D eigenvalue weighted by atomic mass is 79.9. The van der Waals surface area contributed by atoms with Crippen molar-refractivity contribution in [3.63, 3.8) is 0 Å². The van der Waals surface area contributed by atoms with Gasteiger partial charge in [-0.05, 0) is 48.2 Å². The summed E-state index contributed by atoms with van der Waals surface area (Å²) < 4.78 is 7.03. The summed E-state index contributed by atoms with van der Waals surface area (Å²) in [6.07, 6.45) is 0.975. The molecule has 0 aromatic heterocycles. The molecule has 0 spiro atoms. The van der Waals surface area contributed by atoms with Crippen LogP contribution in [-0.4, -0.2) is 13.2 Å². The van der Waals surface area contributed by atoms with Gasteiger partial charge in [-0.25, -0.2) is 0 Å². The summed E-state index contributed by atoms with van der Waals surface area (Å²) in [6.45, 7) is 6.01. The van der Waals surface area contributed by atoms with Crippen molar-refractivity contribution < 1.29 is 4.74 Å². The fraction of sp³-hybridized carbons (Fsp3) is 0.333. The van der Waals surface area contributed by atoms with Gasteiger partial charge in [-0.15, -0.1) is 0 Å². The molecule has 0 bridgehead atoms. The Hall–Kier alpha value is -1.48. The van der Waals surface area contributed by atoms with Crippen molar-refractivity contribution in [1.82, 2.24) is 0 Å². The Morgan fingerprint density at radius 2 is 1.86 bits per heavy atom. The summed E-state index contributed by atoms with van der Waals surface area (Å²) in [5.41, 5.74) is 2.41. The number of hydrogen-bond donors (Lipinski definition) is 1. The molecule has 0 amide bonds. The van der Waals surface area contributed by atoms with Gasteiger partial charge in [-0.1, -0.05) is 48.0 Å². The lowest BCUT2D eigenvalue weighted by molar-refractivity contribution is 0.310. The van der Waals surface area contributed by atoms with Crippen LogP contribution in [-0.2, 0) is 0 Å². The number of anilines is 1. The molecule has 0 fully saturated rings. The Kier molecular flexibility index (Phi) is 6.12. The van der Waals surface area contributed by atoms with E-state index in [2.05, 4.69) is 53.3 Å². The molecule has 112 valence electrons. The maximum atomic E-state index is 5.93. The fourth-order valence-electron chi connectivity index (χ4n) is 2.14. The number of ether oxygens (including phenoxy) is 1. The van der Waals surface area contributed by atoms with E-state index in [-0.39, 0.29) is 0 Å². The topological polar surface area (TPSA) is 21.3 Å². The molecule has 0 unspecified atom stereocenters. The molecule has 3 heteroatoms. The SMILES string of the molecule is CC(C)c1cc(Br)ccc1OCCCNc1ccccc1. The average Bonchev–Trinajstić information content (AvgIpc) is 2.49. The molecule has 2 aromatic rings. The van der Waals surface area contributed by atoms with Crippen molar-refractivity contribution in [2.24, 2.45) is 0 Å². The van der Waals surface area contributed by atoms with Gasteiger partial charge in [0.1, 0.15) is 5.75 Å². The van der Waals surface area contributed by atoms with Gasteiger partial charge in [-0.2, -0.15) is 0 Å². The Morgan fingerprint density at radius 3 is 2.57 bits per heavy atom. The van der Waals surface area contributed by atoms with Crippen LogP contribution in [0.5, 0.6) is 5.75 Å². The quantitative estimate of drug-likeness (QED) is 0.672. The van der Waals surface area contributed by atoms with Crippen LogP contribution in [0.1, 0.15) is 31.7 Å². The monoisotopic (exact) mass is 347 g/mol. The molecule has 0 atom stereocenters. The zero-order valence-electron chi connectivity index (χ0n) is 12.6. The van der Waals surface area contributed by atoms with E-state index in [0.29, 0.717) is 5.92 Å². The molecule has 0 radical (unpaired) electrons. The van der Waals surface area contributed by atoms with Crippen LogP contribution >= 0.6 is 15.9 Å². The van der Waals surface area contributed by atoms with E-state index in [1.165, 1.54) is 5.56 Å². The zero-order chi connectivity index (χ0) is 15.1. The summed E-state index contributed by atoms with van der Waals surface area (Å²) >= 11 is 3.52. The lowest BCUT2D eigenvalue weighted by Crippen LogP contribution is -2.08. The minimum absolute atomic E-state index is 0.458. The van der Waals surface area contributed by atoms with E-state index in [1.807, 2.05) is 30.3 Å². The van der Waals surface area contributed by atoms with Gasteiger partial charge >= 0.3 is 0 Å². The van der Waals surface area contributed by atoms with Gasteiger partial charge < -0.3 is 10.1 Å². The van der Waals surface area contributed by atoms with Crippen LogP contribution < -0.4 is 10.1 Å². The second-order valence-corrected chi connectivity index (χ2v) is 6.25. The van der Waals surface area contributed by atoms with E-state index in [0.717, 1.165) is 35.5 Å². The predicted octanol–water partition coefficient (Wildman–Crippen LogP) is 5.45. The Labute approximate surface area is 135 Å². The summed E-state index contributed by atoms with van der Waals surface area (Å²) in [5, 5.41) is 3.39. The maximum absolute atomic E-state index is 5.93. The lowest BCUT2D eigenvalue weighted by Gasteiger charge is -2.14. The van der Waals surface area contributed by atoms with Crippen LogP contribution in [0.3, 0.4) is 0 Å². The summed E-state index contributed by atoms with van der Waals surface area (Å²) in [7, 11) is 0. The van der Waals surface area contributed by atoms with Crippen molar-refractivity contribution in [1.29, 1.82) is 0 Å². The van der Waals surface area contributed by atoms with Crippen LogP contribution in [0.25, 0.3) is 0 Å². The highest BCUT2D eigenvalue weighted by Gasteiger charge is 2.08. The minimum Gasteiger partial charge on any atom is -0.493 e. The van der Waals surface area contributed by atoms with E-state index in [1.54, 1.807) is 0 Å². The molecule has 2 aromatic carbocycles. The molecule has 21 heavy (non-hydrogen) atoms. The molecule has 2 nitrogen and oxygen atoms in total. The van der Waals surface area contributed by atoms with Crippen LogP contribution in [0.4, 0.5) is 5.69 Å². The number of halogens is 1. The van der Waals surface area contributed by atoms with Crippen molar-refractivity contribution in [2.75, 3.05) is 18.5 Å². The Balaban J connectivity index is 1.78. The number of nitrogens with one attached hydrogen (secondary N) is 1. The van der Waals surface area contributed by atoms with E-state index < -0.39 is 0 Å². The number of benzene rings is 2. The molecular weight excluding hydrogens is 326 g/mol. The molecule has 0 saturated heterocycles. The van der Waals surface area contributed by atoms with Crippen LogP contribution in [0.2, 0.25) is 0 Å². The summed E-state index contributed by atoms with van der Waals surface area (Å²) in [4.78, 5) is 0. The lowest BCUT2D eigenvalue weighted by atomic mass is 10.0. The van der Waals surface area contributed by atoms with Crippen molar-refractivity contribution in [3.05, 3.63) is 58.6 Å².